The number of hydrogen-bond acceptors (Lipinski definition) is 5. The van der Waals surface area contributed by atoms with Gasteiger partial charge in [0.05, 0.1) is 24.4 Å². The van der Waals surface area contributed by atoms with E-state index in [9.17, 15) is 14.4 Å². The number of esters is 2. The molecule has 4 unspecified atom stereocenters. The number of ether oxygens (including phenoxy) is 2. The second kappa shape index (κ2) is 8.88. The summed E-state index contributed by atoms with van der Waals surface area (Å²) < 4.78 is 10.7. The van der Waals surface area contributed by atoms with Crippen molar-refractivity contribution in [2.24, 2.45) is 11.8 Å². The summed E-state index contributed by atoms with van der Waals surface area (Å²) in [4.78, 5) is 37.0. The summed E-state index contributed by atoms with van der Waals surface area (Å²) in [5.74, 6) is -1.08. The van der Waals surface area contributed by atoms with Crippen molar-refractivity contribution in [3.8, 4) is 0 Å². The average Bonchev–Trinajstić information content (AvgIpc) is 3.36. The van der Waals surface area contributed by atoms with Gasteiger partial charge in [0.1, 0.15) is 6.29 Å². The third-order valence-corrected chi connectivity index (χ3v) is 6.43. The maximum atomic E-state index is 12.9. The Hall–Kier alpha value is -3.21. The lowest BCUT2D eigenvalue weighted by Gasteiger charge is -2.34. The fourth-order valence-electron chi connectivity index (χ4n) is 5.35. The molecule has 0 radical (unpaired) electrons. The lowest BCUT2D eigenvalue weighted by molar-refractivity contribution is -0.142. The zero-order chi connectivity index (χ0) is 22.0. The molecule has 0 aromatic heterocycles. The van der Waals surface area contributed by atoms with Crippen molar-refractivity contribution in [3.05, 3.63) is 82.4 Å². The van der Waals surface area contributed by atoms with Gasteiger partial charge >= 0.3 is 11.9 Å². The van der Waals surface area contributed by atoms with Crippen LogP contribution in [-0.2, 0) is 19.1 Å². The molecule has 1 saturated carbocycles. The van der Waals surface area contributed by atoms with Crippen molar-refractivity contribution < 1.29 is 23.9 Å². The zero-order valence-electron chi connectivity index (χ0n) is 17.7. The Morgan fingerprint density at radius 3 is 1.74 bits per heavy atom. The van der Waals surface area contributed by atoms with Crippen LogP contribution in [0.15, 0.2) is 65.7 Å². The molecule has 2 aromatic rings. The molecular formula is C26H26O5. The van der Waals surface area contributed by atoms with Crippen LogP contribution >= 0.6 is 0 Å². The van der Waals surface area contributed by atoms with Crippen LogP contribution in [-0.4, -0.2) is 31.4 Å². The highest BCUT2D eigenvalue weighted by atomic mass is 16.5. The van der Waals surface area contributed by atoms with Crippen molar-refractivity contribution in [2.75, 3.05) is 13.2 Å². The van der Waals surface area contributed by atoms with Gasteiger partial charge in [0.2, 0.25) is 0 Å². The van der Waals surface area contributed by atoms with Crippen LogP contribution in [0, 0.1) is 11.8 Å². The van der Waals surface area contributed by atoms with E-state index in [0.717, 1.165) is 17.4 Å². The Bertz CT molecular complexity index is 1010. The zero-order valence-corrected chi connectivity index (χ0v) is 17.7. The molecule has 5 nitrogen and oxygen atoms in total. The quantitative estimate of drug-likeness (QED) is 0.491. The first-order valence-corrected chi connectivity index (χ1v) is 10.8. The lowest BCUT2D eigenvalue weighted by atomic mass is 9.70. The van der Waals surface area contributed by atoms with Crippen molar-refractivity contribution in [1.82, 2.24) is 0 Å². The van der Waals surface area contributed by atoms with E-state index in [0.29, 0.717) is 23.1 Å². The van der Waals surface area contributed by atoms with Crippen LogP contribution in [0.3, 0.4) is 0 Å². The molecule has 4 rings (SSSR count). The van der Waals surface area contributed by atoms with E-state index in [1.807, 2.05) is 30.3 Å². The summed E-state index contributed by atoms with van der Waals surface area (Å²) in [6.07, 6.45) is 1.52. The third-order valence-electron chi connectivity index (χ3n) is 6.43. The van der Waals surface area contributed by atoms with E-state index < -0.39 is 11.9 Å². The maximum absolute atomic E-state index is 12.9. The Labute approximate surface area is 182 Å². The number of benzene rings is 2. The SMILES string of the molecule is CCOC(=O)C1=C(C(=O)OCC)C2CC1C(c1ccccc1)C2c1ccc(C=O)cc1. The van der Waals surface area contributed by atoms with Gasteiger partial charge in [-0.25, -0.2) is 9.59 Å². The van der Waals surface area contributed by atoms with Gasteiger partial charge in [0.25, 0.3) is 0 Å². The minimum absolute atomic E-state index is 0.00526. The molecule has 2 aromatic carbocycles. The van der Waals surface area contributed by atoms with Gasteiger partial charge in [0.15, 0.2) is 0 Å². The van der Waals surface area contributed by atoms with Gasteiger partial charge in [0, 0.05) is 5.56 Å². The van der Waals surface area contributed by atoms with Gasteiger partial charge in [-0.2, -0.15) is 0 Å². The normalized spacial score (nSPS) is 24.2. The first-order valence-electron chi connectivity index (χ1n) is 10.8. The first-order chi connectivity index (χ1) is 15.1. The van der Waals surface area contributed by atoms with Crippen LogP contribution in [0.2, 0.25) is 0 Å². The van der Waals surface area contributed by atoms with Gasteiger partial charge in [-0.05, 0) is 55.1 Å². The topological polar surface area (TPSA) is 69.7 Å². The number of rotatable bonds is 7. The Kier molecular flexibility index (Phi) is 6.03. The van der Waals surface area contributed by atoms with E-state index in [2.05, 4.69) is 12.1 Å². The summed E-state index contributed by atoms with van der Waals surface area (Å²) in [5.41, 5.74) is 3.72. The van der Waals surface area contributed by atoms with Gasteiger partial charge in [-0.3, -0.25) is 4.79 Å². The molecule has 0 saturated heterocycles. The Balaban J connectivity index is 1.86. The average molecular weight is 418 g/mol. The summed E-state index contributed by atoms with van der Waals surface area (Å²) in [6.45, 7) is 4.03. The molecule has 5 heteroatoms. The fraction of sp³-hybridized carbons (Fsp3) is 0.346. The summed E-state index contributed by atoms with van der Waals surface area (Å²) in [5, 5.41) is 0. The summed E-state index contributed by atoms with van der Waals surface area (Å²) >= 11 is 0. The smallest absolute Gasteiger partial charge is 0.334 e. The Morgan fingerprint density at radius 1 is 0.806 bits per heavy atom. The van der Waals surface area contributed by atoms with E-state index >= 15 is 0 Å². The van der Waals surface area contributed by atoms with Gasteiger partial charge < -0.3 is 9.47 Å². The van der Waals surface area contributed by atoms with E-state index in [1.54, 1.807) is 26.0 Å². The minimum atomic E-state index is -0.431. The van der Waals surface area contributed by atoms with Crippen molar-refractivity contribution >= 4 is 18.2 Å². The maximum Gasteiger partial charge on any atom is 0.334 e. The third kappa shape index (κ3) is 3.69. The van der Waals surface area contributed by atoms with Crippen LogP contribution in [0.1, 0.15) is 53.6 Å². The molecule has 0 heterocycles. The molecule has 1 fully saturated rings. The van der Waals surface area contributed by atoms with Crippen LogP contribution < -0.4 is 0 Å². The van der Waals surface area contributed by atoms with Gasteiger partial charge in [-0.1, -0.05) is 54.6 Å². The molecular weight excluding hydrogens is 392 g/mol. The molecule has 4 atom stereocenters. The molecule has 31 heavy (non-hydrogen) atoms. The van der Waals surface area contributed by atoms with Gasteiger partial charge in [-0.15, -0.1) is 0 Å². The molecule has 160 valence electrons. The monoisotopic (exact) mass is 418 g/mol. The molecule has 0 amide bonds. The van der Waals surface area contributed by atoms with Crippen molar-refractivity contribution in [2.45, 2.75) is 32.1 Å². The second-order valence-corrected chi connectivity index (χ2v) is 7.96. The standard InChI is InChI=1S/C26H26O5/c1-3-30-25(28)23-19-14-20(24(23)26(29)31-4-2)22(18-12-10-16(15-27)11-13-18)21(19)17-8-6-5-7-9-17/h5-13,15,19-22H,3-4,14H2,1-2H3. The fourth-order valence-corrected chi connectivity index (χ4v) is 5.35. The van der Waals surface area contributed by atoms with Crippen LogP contribution in [0.4, 0.5) is 0 Å². The summed E-state index contributed by atoms with van der Waals surface area (Å²) in [7, 11) is 0. The molecule has 2 aliphatic rings. The highest BCUT2D eigenvalue weighted by Crippen LogP contribution is 2.63. The first kappa shape index (κ1) is 21.0. The minimum Gasteiger partial charge on any atom is -0.463 e. The van der Waals surface area contributed by atoms with Crippen LogP contribution in [0.5, 0.6) is 0 Å². The highest BCUT2D eigenvalue weighted by molar-refractivity contribution is 6.03. The lowest BCUT2D eigenvalue weighted by Crippen LogP contribution is -2.29. The second-order valence-electron chi connectivity index (χ2n) is 7.96. The number of fused-ring (bicyclic) bond motifs is 2. The summed E-state index contributed by atoms with van der Waals surface area (Å²) in [6, 6.07) is 17.6. The Morgan fingerprint density at radius 2 is 1.29 bits per heavy atom. The number of carbonyl (C=O) groups excluding carboxylic acids is 3. The van der Waals surface area contributed by atoms with Crippen molar-refractivity contribution in [3.63, 3.8) is 0 Å². The van der Waals surface area contributed by atoms with E-state index in [-0.39, 0.29) is 36.9 Å². The van der Waals surface area contributed by atoms with Crippen molar-refractivity contribution in [1.29, 1.82) is 0 Å². The molecule has 2 aliphatic carbocycles. The molecule has 2 bridgehead atoms. The van der Waals surface area contributed by atoms with Crippen LogP contribution in [0.25, 0.3) is 0 Å². The number of carbonyl (C=O) groups is 3. The molecule has 0 N–H and O–H groups in total. The number of hydrogen-bond donors (Lipinski definition) is 0. The van der Waals surface area contributed by atoms with E-state index in [4.69, 9.17) is 9.47 Å². The number of aldehydes is 1. The molecule has 0 aliphatic heterocycles. The predicted molar refractivity (Wildman–Crippen MR) is 116 cm³/mol. The molecule has 0 spiro atoms. The predicted octanol–water partition coefficient (Wildman–Crippen LogP) is 4.44. The highest BCUT2D eigenvalue weighted by Gasteiger charge is 2.57. The van der Waals surface area contributed by atoms with E-state index in [1.165, 1.54) is 0 Å². The largest absolute Gasteiger partial charge is 0.463 e.